The van der Waals surface area contributed by atoms with Gasteiger partial charge in [-0.25, -0.2) is 14.3 Å². The molecule has 160 valence electrons. The van der Waals surface area contributed by atoms with Crippen LogP contribution in [-0.2, 0) is 22.6 Å². The second kappa shape index (κ2) is 9.26. The Hall–Kier alpha value is -4.26. The number of rotatable bonds is 6. The predicted molar refractivity (Wildman–Crippen MR) is 118 cm³/mol. The Bertz CT molecular complexity index is 1350. The van der Waals surface area contributed by atoms with Gasteiger partial charge in [-0.15, -0.1) is 0 Å². The molecule has 0 fully saturated rings. The van der Waals surface area contributed by atoms with Gasteiger partial charge >= 0.3 is 11.9 Å². The molecule has 0 aliphatic carbocycles. The zero-order chi connectivity index (χ0) is 22.5. The van der Waals surface area contributed by atoms with Gasteiger partial charge < -0.3 is 9.47 Å². The van der Waals surface area contributed by atoms with Crippen LogP contribution in [0.15, 0.2) is 83.7 Å². The third-order valence-electron chi connectivity index (χ3n) is 4.95. The van der Waals surface area contributed by atoms with E-state index < -0.39 is 11.9 Å². The Morgan fingerprint density at radius 1 is 0.844 bits per heavy atom. The maximum absolute atomic E-state index is 12.9. The molecule has 7 heteroatoms. The van der Waals surface area contributed by atoms with E-state index in [2.05, 4.69) is 5.10 Å². The van der Waals surface area contributed by atoms with E-state index in [4.69, 9.17) is 9.47 Å². The van der Waals surface area contributed by atoms with Crippen LogP contribution < -0.4 is 5.56 Å². The quantitative estimate of drug-likeness (QED) is 0.436. The fourth-order valence-corrected chi connectivity index (χ4v) is 3.37. The van der Waals surface area contributed by atoms with Crippen LogP contribution in [0, 0.1) is 0 Å². The number of ether oxygens (including phenoxy) is 2. The van der Waals surface area contributed by atoms with E-state index in [-0.39, 0.29) is 24.4 Å². The number of esters is 2. The molecule has 3 aromatic carbocycles. The van der Waals surface area contributed by atoms with Crippen LogP contribution in [0.25, 0.3) is 10.8 Å². The van der Waals surface area contributed by atoms with Crippen LogP contribution >= 0.6 is 0 Å². The van der Waals surface area contributed by atoms with Crippen molar-refractivity contribution in [2.45, 2.75) is 13.2 Å². The highest BCUT2D eigenvalue weighted by atomic mass is 16.5. The van der Waals surface area contributed by atoms with E-state index in [0.717, 1.165) is 5.56 Å². The maximum Gasteiger partial charge on any atom is 0.359 e. The van der Waals surface area contributed by atoms with E-state index in [1.807, 2.05) is 30.3 Å². The Morgan fingerprint density at radius 2 is 1.53 bits per heavy atom. The van der Waals surface area contributed by atoms with Gasteiger partial charge in [-0.3, -0.25) is 4.79 Å². The molecule has 0 unspecified atom stereocenters. The van der Waals surface area contributed by atoms with Gasteiger partial charge in [-0.2, -0.15) is 5.10 Å². The topological polar surface area (TPSA) is 87.5 Å². The first-order valence-electron chi connectivity index (χ1n) is 9.95. The van der Waals surface area contributed by atoms with E-state index in [9.17, 15) is 14.4 Å². The van der Waals surface area contributed by atoms with Gasteiger partial charge in [0.1, 0.15) is 6.61 Å². The number of methoxy groups -OCH3 is 1. The minimum Gasteiger partial charge on any atom is -0.465 e. The number of hydrogen-bond donors (Lipinski definition) is 0. The molecule has 0 saturated heterocycles. The van der Waals surface area contributed by atoms with Crippen molar-refractivity contribution < 1.29 is 19.1 Å². The summed E-state index contributed by atoms with van der Waals surface area (Å²) in [4.78, 5) is 37.6. The number of nitrogens with zero attached hydrogens (tertiary/aromatic N) is 2. The van der Waals surface area contributed by atoms with Gasteiger partial charge in [0.2, 0.25) is 0 Å². The van der Waals surface area contributed by atoms with E-state index in [0.29, 0.717) is 21.9 Å². The lowest BCUT2D eigenvalue weighted by molar-refractivity contribution is 0.0465. The van der Waals surface area contributed by atoms with Gasteiger partial charge in [0.25, 0.3) is 5.56 Å². The molecule has 0 aliphatic heterocycles. The van der Waals surface area contributed by atoms with Crippen molar-refractivity contribution in [1.29, 1.82) is 0 Å². The van der Waals surface area contributed by atoms with Crippen LogP contribution in [0.5, 0.6) is 0 Å². The average molecular weight is 428 g/mol. The first-order chi connectivity index (χ1) is 15.6. The molecule has 4 rings (SSSR count). The molecule has 4 aromatic rings. The zero-order valence-corrected chi connectivity index (χ0v) is 17.4. The highest BCUT2D eigenvalue weighted by Crippen LogP contribution is 2.16. The Kier molecular flexibility index (Phi) is 6.07. The maximum atomic E-state index is 12.9. The third kappa shape index (κ3) is 4.41. The third-order valence-corrected chi connectivity index (χ3v) is 4.95. The van der Waals surface area contributed by atoms with Gasteiger partial charge in [-0.05, 0) is 29.3 Å². The highest BCUT2D eigenvalue weighted by Gasteiger charge is 2.18. The van der Waals surface area contributed by atoms with Crippen molar-refractivity contribution in [3.8, 4) is 0 Å². The first-order valence-corrected chi connectivity index (χ1v) is 9.95. The molecule has 0 saturated carbocycles. The molecule has 0 N–H and O–H groups in total. The van der Waals surface area contributed by atoms with Crippen molar-refractivity contribution in [1.82, 2.24) is 9.78 Å². The van der Waals surface area contributed by atoms with Crippen LogP contribution in [0.1, 0.15) is 32.0 Å². The molecule has 0 bridgehead atoms. The number of benzene rings is 3. The smallest absolute Gasteiger partial charge is 0.359 e. The number of fused-ring (bicyclic) bond motifs is 1. The molecule has 0 spiro atoms. The second-order valence-electron chi connectivity index (χ2n) is 7.11. The fraction of sp³-hybridized carbons (Fsp3) is 0.120. The van der Waals surface area contributed by atoms with Crippen LogP contribution in [0.4, 0.5) is 0 Å². The van der Waals surface area contributed by atoms with Gasteiger partial charge in [0, 0.05) is 5.39 Å². The largest absolute Gasteiger partial charge is 0.465 e. The van der Waals surface area contributed by atoms with E-state index in [1.54, 1.807) is 48.5 Å². The van der Waals surface area contributed by atoms with Gasteiger partial charge in [0.05, 0.1) is 24.6 Å². The zero-order valence-electron chi connectivity index (χ0n) is 17.4. The van der Waals surface area contributed by atoms with Crippen LogP contribution in [0.3, 0.4) is 0 Å². The molecule has 0 atom stereocenters. The summed E-state index contributed by atoms with van der Waals surface area (Å²) in [5.74, 6) is -1.13. The minimum absolute atomic E-state index is 0.0558. The van der Waals surface area contributed by atoms with Crippen molar-refractivity contribution in [2.75, 3.05) is 7.11 Å². The van der Waals surface area contributed by atoms with Crippen LogP contribution in [0.2, 0.25) is 0 Å². The molecule has 1 heterocycles. The van der Waals surface area contributed by atoms with E-state index in [1.165, 1.54) is 11.8 Å². The van der Waals surface area contributed by atoms with E-state index >= 15 is 0 Å². The molecule has 0 radical (unpaired) electrons. The summed E-state index contributed by atoms with van der Waals surface area (Å²) in [7, 11) is 1.30. The van der Waals surface area contributed by atoms with Crippen molar-refractivity contribution in [3.05, 3.63) is 112 Å². The van der Waals surface area contributed by atoms with Crippen molar-refractivity contribution >= 4 is 22.7 Å². The fourth-order valence-electron chi connectivity index (χ4n) is 3.37. The summed E-state index contributed by atoms with van der Waals surface area (Å²) in [5, 5.41) is 5.14. The summed E-state index contributed by atoms with van der Waals surface area (Å²) in [6.45, 7) is 0.170. The summed E-state index contributed by atoms with van der Waals surface area (Å²) in [5.41, 5.74) is 1.65. The Morgan fingerprint density at radius 3 is 2.28 bits per heavy atom. The minimum atomic E-state index is -0.661. The van der Waals surface area contributed by atoms with Crippen molar-refractivity contribution in [2.24, 2.45) is 0 Å². The highest BCUT2D eigenvalue weighted by molar-refractivity contribution is 6.02. The predicted octanol–water partition coefficient (Wildman–Crippen LogP) is 3.59. The lowest BCUT2D eigenvalue weighted by Crippen LogP contribution is -2.27. The first kappa shape index (κ1) is 21.0. The summed E-state index contributed by atoms with van der Waals surface area (Å²) in [6, 6.07) is 22.9. The number of carbonyl (C=O) groups excluding carboxylic acids is 2. The summed E-state index contributed by atoms with van der Waals surface area (Å²) < 4.78 is 11.5. The molecule has 32 heavy (non-hydrogen) atoms. The Balaban J connectivity index is 1.64. The SMILES string of the molecule is COC(=O)c1cccc(COC(=O)c2nn(Cc3ccccc3)c(=O)c3ccccc23)c1. The standard InChI is InChI=1S/C25H20N2O5/c1-31-24(29)19-11-7-10-18(14-19)16-32-25(30)22-20-12-5-6-13-21(20)23(28)27(26-22)15-17-8-3-2-4-9-17/h2-14H,15-16H2,1H3. The molecular weight excluding hydrogens is 408 g/mol. The monoisotopic (exact) mass is 428 g/mol. The molecular formula is C25H20N2O5. The van der Waals surface area contributed by atoms with Crippen LogP contribution in [-0.4, -0.2) is 28.8 Å². The molecule has 0 aliphatic rings. The van der Waals surface area contributed by atoms with Gasteiger partial charge in [0.15, 0.2) is 5.69 Å². The Labute approximate surface area is 183 Å². The average Bonchev–Trinajstić information content (AvgIpc) is 2.84. The number of carbonyl (C=O) groups is 2. The normalized spacial score (nSPS) is 10.7. The number of hydrogen-bond acceptors (Lipinski definition) is 6. The number of aromatic nitrogens is 2. The molecule has 0 amide bonds. The summed E-state index contributed by atoms with van der Waals surface area (Å²) >= 11 is 0. The van der Waals surface area contributed by atoms with Gasteiger partial charge in [-0.1, -0.05) is 60.7 Å². The molecule has 7 nitrogen and oxygen atoms in total. The second-order valence-corrected chi connectivity index (χ2v) is 7.11. The van der Waals surface area contributed by atoms with Crippen molar-refractivity contribution in [3.63, 3.8) is 0 Å². The summed E-state index contributed by atoms with van der Waals surface area (Å²) in [6.07, 6.45) is 0. The lowest BCUT2D eigenvalue weighted by Gasteiger charge is -2.11. The lowest BCUT2D eigenvalue weighted by atomic mass is 10.1. The molecule has 1 aromatic heterocycles.